The number of benzene rings is 1. The molecular formula is C9H9IO. The Morgan fingerprint density at radius 1 is 1.55 bits per heavy atom. The first-order valence-corrected chi connectivity index (χ1v) is 4.34. The highest BCUT2D eigenvalue weighted by Gasteiger charge is 2.01. The van der Waals surface area contributed by atoms with Crippen molar-refractivity contribution in [3.8, 4) is 5.75 Å². The van der Waals surface area contributed by atoms with Gasteiger partial charge in [-0.05, 0) is 46.7 Å². The predicted molar refractivity (Wildman–Crippen MR) is 55.7 cm³/mol. The number of hydrogen-bond donors (Lipinski definition) is 1. The molecule has 1 aromatic rings. The van der Waals surface area contributed by atoms with Crippen LogP contribution in [0.25, 0.3) is 6.08 Å². The standard InChI is InChI=1S/C9H9IO/c1-3-7-4-6(2)9(10)8(11)5-7/h3-5,11H,1H2,2H3. The molecule has 58 valence electrons. The molecule has 0 bridgehead atoms. The highest BCUT2D eigenvalue weighted by molar-refractivity contribution is 14.1. The van der Waals surface area contributed by atoms with Crippen molar-refractivity contribution in [1.82, 2.24) is 0 Å². The van der Waals surface area contributed by atoms with E-state index >= 15 is 0 Å². The van der Waals surface area contributed by atoms with Crippen LogP contribution in [0.15, 0.2) is 18.7 Å². The predicted octanol–water partition coefficient (Wildman–Crippen LogP) is 2.95. The highest BCUT2D eigenvalue weighted by Crippen LogP contribution is 2.24. The Morgan fingerprint density at radius 2 is 2.18 bits per heavy atom. The largest absolute Gasteiger partial charge is 0.507 e. The SMILES string of the molecule is C=Cc1cc(C)c(I)c(O)c1. The number of hydrogen-bond acceptors (Lipinski definition) is 1. The molecule has 0 aliphatic rings. The molecule has 0 amide bonds. The third kappa shape index (κ3) is 1.74. The normalized spacial score (nSPS) is 9.64. The van der Waals surface area contributed by atoms with Crippen LogP contribution < -0.4 is 0 Å². The van der Waals surface area contributed by atoms with Crippen LogP contribution in [0.3, 0.4) is 0 Å². The van der Waals surface area contributed by atoms with E-state index in [9.17, 15) is 5.11 Å². The minimum atomic E-state index is 0.334. The van der Waals surface area contributed by atoms with Crippen LogP contribution in [0.5, 0.6) is 5.75 Å². The first-order chi connectivity index (χ1) is 5.15. The van der Waals surface area contributed by atoms with Gasteiger partial charge in [0.2, 0.25) is 0 Å². The summed E-state index contributed by atoms with van der Waals surface area (Å²) in [6.45, 7) is 5.60. The molecule has 0 heterocycles. The van der Waals surface area contributed by atoms with E-state index in [4.69, 9.17) is 0 Å². The molecule has 0 aliphatic carbocycles. The first-order valence-electron chi connectivity index (χ1n) is 3.26. The maximum absolute atomic E-state index is 9.36. The van der Waals surface area contributed by atoms with E-state index in [-0.39, 0.29) is 0 Å². The van der Waals surface area contributed by atoms with Crippen molar-refractivity contribution in [2.45, 2.75) is 6.92 Å². The van der Waals surface area contributed by atoms with E-state index in [0.717, 1.165) is 14.7 Å². The summed E-state index contributed by atoms with van der Waals surface area (Å²) in [6.07, 6.45) is 1.72. The van der Waals surface area contributed by atoms with Crippen molar-refractivity contribution in [3.63, 3.8) is 0 Å². The minimum Gasteiger partial charge on any atom is -0.507 e. The van der Waals surface area contributed by atoms with Crippen LogP contribution in [0.1, 0.15) is 11.1 Å². The summed E-state index contributed by atoms with van der Waals surface area (Å²) in [5, 5.41) is 9.36. The molecular weight excluding hydrogens is 251 g/mol. The van der Waals surface area contributed by atoms with Crippen molar-refractivity contribution >= 4 is 28.7 Å². The van der Waals surface area contributed by atoms with Gasteiger partial charge in [0.05, 0.1) is 3.57 Å². The molecule has 0 saturated heterocycles. The molecule has 0 unspecified atom stereocenters. The van der Waals surface area contributed by atoms with E-state index in [2.05, 4.69) is 29.2 Å². The number of aromatic hydroxyl groups is 1. The molecule has 1 rings (SSSR count). The second-order valence-corrected chi connectivity index (χ2v) is 3.45. The monoisotopic (exact) mass is 260 g/mol. The van der Waals surface area contributed by atoms with Crippen LogP contribution in [0.4, 0.5) is 0 Å². The van der Waals surface area contributed by atoms with Crippen LogP contribution in [0.2, 0.25) is 0 Å². The summed E-state index contributed by atoms with van der Waals surface area (Å²) in [6, 6.07) is 3.70. The molecule has 1 nitrogen and oxygen atoms in total. The van der Waals surface area contributed by atoms with E-state index in [1.165, 1.54) is 0 Å². The summed E-state index contributed by atoms with van der Waals surface area (Å²) in [5.74, 6) is 0.334. The summed E-state index contributed by atoms with van der Waals surface area (Å²) in [5.41, 5.74) is 2.04. The zero-order valence-corrected chi connectivity index (χ0v) is 8.42. The van der Waals surface area contributed by atoms with Crippen LogP contribution >= 0.6 is 22.6 Å². The molecule has 0 saturated carbocycles. The van der Waals surface area contributed by atoms with Gasteiger partial charge in [-0.25, -0.2) is 0 Å². The smallest absolute Gasteiger partial charge is 0.129 e. The molecule has 0 radical (unpaired) electrons. The maximum atomic E-state index is 9.36. The maximum Gasteiger partial charge on any atom is 0.129 e. The van der Waals surface area contributed by atoms with Crippen molar-refractivity contribution in [1.29, 1.82) is 0 Å². The Kier molecular flexibility index (Phi) is 2.54. The lowest BCUT2D eigenvalue weighted by atomic mass is 10.1. The van der Waals surface area contributed by atoms with E-state index < -0.39 is 0 Å². The fourth-order valence-corrected chi connectivity index (χ4v) is 1.21. The Balaban J connectivity index is 3.31. The Hall–Kier alpha value is -0.510. The summed E-state index contributed by atoms with van der Waals surface area (Å²) in [4.78, 5) is 0. The van der Waals surface area contributed by atoms with Crippen LogP contribution in [0, 0.1) is 10.5 Å². The Morgan fingerprint density at radius 3 is 2.64 bits per heavy atom. The molecule has 0 fully saturated rings. The molecule has 0 atom stereocenters. The van der Waals surface area contributed by atoms with Gasteiger partial charge >= 0.3 is 0 Å². The number of halogens is 1. The molecule has 2 heteroatoms. The third-order valence-corrected chi connectivity index (χ3v) is 2.90. The Labute approximate surface area is 79.9 Å². The average Bonchev–Trinajstić information content (AvgIpc) is 1.99. The Bertz CT molecular complexity index is 269. The quantitative estimate of drug-likeness (QED) is 0.769. The number of aryl methyl sites for hydroxylation is 1. The van der Waals surface area contributed by atoms with Crippen molar-refractivity contribution in [3.05, 3.63) is 33.4 Å². The van der Waals surface area contributed by atoms with Gasteiger partial charge in [0.15, 0.2) is 0 Å². The van der Waals surface area contributed by atoms with Crippen molar-refractivity contribution < 1.29 is 5.11 Å². The number of phenols is 1. The van der Waals surface area contributed by atoms with Crippen molar-refractivity contribution in [2.75, 3.05) is 0 Å². The van der Waals surface area contributed by atoms with Gasteiger partial charge in [-0.15, -0.1) is 0 Å². The second kappa shape index (κ2) is 3.26. The highest BCUT2D eigenvalue weighted by atomic mass is 127. The summed E-state index contributed by atoms with van der Waals surface area (Å²) in [7, 11) is 0. The number of phenolic OH excluding ortho intramolecular Hbond substituents is 1. The molecule has 0 spiro atoms. The van der Waals surface area contributed by atoms with Crippen LogP contribution in [-0.2, 0) is 0 Å². The van der Waals surface area contributed by atoms with E-state index in [1.807, 2.05) is 13.0 Å². The molecule has 1 aromatic carbocycles. The average molecular weight is 260 g/mol. The first kappa shape index (κ1) is 8.59. The van der Waals surface area contributed by atoms with E-state index in [0.29, 0.717) is 5.75 Å². The number of rotatable bonds is 1. The molecule has 0 aromatic heterocycles. The van der Waals surface area contributed by atoms with Gasteiger partial charge in [-0.1, -0.05) is 18.7 Å². The zero-order chi connectivity index (χ0) is 8.43. The van der Waals surface area contributed by atoms with Gasteiger partial charge in [0.25, 0.3) is 0 Å². The fraction of sp³-hybridized carbons (Fsp3) is 0.111. The molecule has 11 heavy (non-hydrogen) atoms. The lowest BCUT2D eigenvalue weighted by molar-refractivity contribution is 0.471. The third-order valence-electron chi connectivity index (χ3n) is 1.49. The molecule has 1 N–H and O–H groups in total. The topological polar surface area (TPSA) is 20.2 Å². The zero-order valence-electron chi connectivity index (χ0n) is 6.26. The van der Waals surface area contributed by atoms with Gasteiger partial charge in [0, 0.05) is 0 Å². The van der Waals surface area contributed by atoms with Crippen LogP contribution in [-0.4, -0.2) is 5.11 Å². The van der Waals surface area contributed by atoms with Gasteiger partial charge in [0.1, 0.15) is 5.75 Å². The molecule has 0 aliphatic heterocycles. The summed E-state index contributed by atoms with van der Waals surface area (Å²) >= 11 is 2.12. The van der Waals surface area contributed by atoms with Gasteiger partial charge < -0.3 is 5.11 Å². The van der Waals surface area contributed by atoms with Gasteiger partial charge in [-0.2, -0.15) is 0 Å². The summed E-state index contributed by atoms with van der Waals surface area (Å²) < 4.78 is 0.910. The lowest BCUT2D eigenvalue weighted by Gasteiger charge is -2.02. The second-order valence-electron chi connectivity index (χ2n) is 2.38. The fourth-order valence-electron chi connectivity index (χ4n) is 0.896. The van der Waals surface area contributed by atoms with Crippen molar-refractivity contribution in [2.24, 2.45) is 0 Å². The minimum absolute atomic E-state index is 0.334. The lowest BCUT2D eigenvalue weighted by Crippen LogP contribution is -1.82. The van der Waals surface area contributed by atoms with E-state index in [1.54, 1.807) is 12.1 Å². The van der Waals surface area contributed by atoms with Gasteiger partial charge in [-0.3, -0.25) is 0 Å².